The van der Waals surface area contributed by atoms with Gasteiger partial charge in [-0.3, -0.25) is 4.79 Å². The van der Waals surface area contributed by atoms with E-state index >= 15 is 0 Å². The van der Waals surface area contributed by atoms with Gasteiger partial charge in [-0.2, -0.15) is 0 Å². The Morgan fingerprint density at radius 1 is 0.833 bits per heavy atom. The number of fused-ring (bicyclic) bond motifs is 1. The molecule has 6 heteroatoms. The number of rotatable bonds is 7. The van der Waals surface area contributed by atoms with Gasteiger partial charge in [0.1, 0.15) is 22.8 Å². The highest BCUT2D eigenvalue weighted by Crippen LogP contribution is 2.22. The van der Waals surface area contributed by atoms with Crippen molar-refractivity contribution in [3.8, 4) is 17.2 Å². The summed E-state index contributed by atoms with van der Waals surface area (Å²) in [6.45, 7) is 0.198. The van der Waals surface area contributed by atoms with Gasteiger partial charge in [0.2, 0.25) is 0 Å². The summed E-state index contributed by atoms with van der Waals surface area (Å²) in [7, 11) is 0. The van der Waals surface area contributed by atoms with Crippen LogP contribution in [0.1, 0.15) is 5.56 Å². The van der Waals surface area contributed by atoms with Crippen LogP contribution in [0.4, 0.5) is 0 Å². The van der Waals surface area contributed by atoms with E-state index in [1.807, 2.05) is 54.6 Å². The van der Waals surface area contributed by atoms with Crippen LogP contribution in [0.2, 0.25) is 0 Å². The van der Waals surface area contributed by atoms with E-state index in [2.05, 4.69) is 5.32 Å². The van der Waals surface area contributed by atoms with Gasteiger partial charge in [0.15, 0.2) is 6.61 Å². The SMILES string of the molecule is O=C(COc1ccc2ccc(=O)oc2c1)NCc1cccc(Oc2ccccc2)c1. The van der Waals surface area contributed by atoms with Gasteiger partial charge in [-0.1, -0.05) is 30.3 Å². The highest BCUT2D eigenvalue weighted by molar-refractivity contribution is 5.79. The predicted molar refractivity (Wildman–Crippen MR) is 113 cm³/mol. The molecule has 0 atom stereocenters. The summed E-state index contributed by atoms with van der Waals surface area (Å²) in [5.41, 5.74) is 0.885. The van der Waals surface area contributed by atoms with Crippen LogP contribution in [-0.2, 0) is 11.3 Å². The minimum absolute atomic E-state index is 0.150. The molecule has 3 aromatic carbocycles. The van der Waals surface area contributed by atoms with Gasteiger partial charge >= 0.3 is 5.63 Å². The quantitative estimate of drug-likeness (QED) is 0.468. The highest BCUT2D eigenvalue weighted by Gasteiger charge is 2.06. The Labute approximate surface area is 172 Å². The maximum Gasteiger partial charge on any atom is 0.336 e. The Bertz CT molecular complexity index is 1220. The standard InChI is InChI=1S/C24H19NO5/c26-23(16-28-20-11-9-18-10-12-24(27)30-22(18)14-20)25-15-17-5-4-8-21(13-17)29-19-6-2-1-3-7-19/h1-14H,15-16H2,(H,25,26). The molecule has 0 saturated heterocycles. The Hall–Kier alpha value is -4.06. The van der Waals surface area contributed by atoms with E-state index in [0.29, 0.717) is 23.6 Å². The van der Waals surface area contributed by atoms with E-state index in [0.717, 1.165) is 16.7 Å². The van der Waals surface area contributed by atoms with Crippen molar-refractivity contribution in [3.05, 3.63) is 101 Å². The van der Waals surface area contributed by atoms with E-state index in [1.54, 1.807) is 24.3 Å². The molecule has 30 heavy (non-hydrogen) atoms. The maximum absolute atomic E-state index is 12.1. The summed E-state index contributed by atoms with van der Waals surface area (Å²) in [6, 6.07) is 25.1. The Balaban J connectivity index is 1.30. The molecule has 1 heterocycles. The third-order valence-corrected chi connectivity index (χ3v) is 4.33. The normalized spacial score (nSPS) is 10.5. The van der Waals surface area contributed by atoms with Gasteiger partial charge in [0, 0.05) is 24.1 Å². The number of hydrogen-bond donors (Lipinski definition) is 1. The predicted octanol–water partition coefficient (Wildman–Crippen LogP) is 4.28. The average Bonchev–Trinajstić information content (AvgIpc) is 2.77. The molecule has 6 nitrogen and oxygen atoms in total. The second kappa shape index (κ2) is 8.96. The lowest BCUT2D eigenvalue weighted by Gasteiger charge is -2.10. The Kier molecular flexibility index (Phi) is 5.75. The Morgan fingerprint density at radius 3 is 2.50 bits per heavy atom. The molecule has 1 N–H and O–H groups in total. The van der Waals surface area contributed by atoms with Crippen molar-refractivity contribution >= 4 is 16.9 Å². The summed E-state index contributed by atoms with van der Waals surface area (Å²) in [6.07, 6.45) is 0. The molecule has 0 aliphatic carbocycles. The largest absolute Gasteiger partial charge is 0.484 e. The Morgan fingerprint density at radius 2 is 1.63 bits per heavy atom. The second-order valence-electron chi connectivity index (χ2n) is 6.58. The number of ether oxygens (including phenoxy) is 2. The summed E-state index contributed by atoms with van der Waals surface area (Å²) in [5, 5.41) is 3.60. The summed E-state index contributed by atoms with van der Waals surface area (Å²) >= 11 is 0. The zero-order chi connectivity index (χ0) is 20.8. The maximum atomic E-state index is 12.1. The number of hydrogen-bond acceptors (Lipinski definition) is 5. The monoisotopic (exact) mass is 401 g/mol. The van der Waals surface area contributed by atoms with Crippen LogP contribution >= 0.6 is 0 Å². The van der Waals surface area contributed by atoms with Gasteiger partial charge in [-0.25, -0.2) is 4.79 Å². The van der Waals surface area contributed by atoms with Gasteiger partial charge in [0.25, 0.3) is 5.91 Å². The van der Waals surface area contributed by atoms with E-state index in [4.69, 9.17) is 13.9 Å². The van der Waals surface area contributed by atoms with Crippen LogP contribution in [0.15, 0.2) is 94.1 Å². The fourth-order valence-corrected chi connectivity index (χ4v) is 2.87. The number of nitrogens with one attached hydrogen (secondary N) is 1. The first kappa shape index (κ1) is 19.3. The average molecular weight is 401 g/mol. The third kappa shape index (κ3) is 5.05. The molecule has 0 fully saturated rings. The lowest BCUT2D eigenvalue weighted by molar-refractivity contribution is -0.123. The zero-order valence-electron chi connectivity index (χ0n) is 16.0. The topological polar surface area (TPSA) is 77.8 Å². The van der Waals surface area contributed by atoms with Crippen molar-refractivity contribution in [2.75, 3.05) is 6.61 Å². The van der Waals surface area contributed by atoms with Crippen molar-refractivity contribution in [1.29, 1.82) is 0 Å². The minimum Gasteiger partial charge on any atom is -0.484 e. The molecular formula is C24H19NO5. The summed E-state index contributed by atoms with van der Waals surface area (Å²) < 4.78 is 16.4. The van der Waals surface area contributed by atoms with Crippen molar-refractivity contribution < 1.29 is 18.7 Å². The first-order valence-electron chi connectivity index (χ1n) is 9.41. The number of para-hydroxylation sites is 1. The molecule has 150 valence electrons. The van der Waals surface area contributed by atoms with Crippen LogP contribution in [0.25, 0.3) is 11.0 Å². The van der Waals surface area contributed by atoms with Gasteiger partial charge < -0.3 is 19.2 Å². The smallest absolute Gasteiger partial charge is 0.336 e. The highest BCUT2D eigenvalue weighted by atomic mass is 16.5. The molecule has 1 amide bonds. The molecule has 0 unspecified atom stereocenters. The molecule has 0 aliphatic rings. The van der Waals surface area contributed by atoms with E-state index in [1.165, 1.54) is 6.07 Å². The van der Waals surface area contributed by atoms with Crippen LogP contribution in [-0.4, -0.2) is 12.5 Å². The number of amides is 1. The number of benzene rings is 3. The van der Waals surface area contributed by atoms with Crippen LogP contribution < -0.4 is 20.4 Å². The van der Waals surface area contributed by atoms with Crippen molar-refractivity contribution in [3.63, 3.8) is 0 Å². The lowest BCUT2D eigenvalue weighted by atomic mass is 10.2. The number of carbonyl (C=O) groups is 1. The van der Waals surface area contributed by atoms with Crippen molar-refractivity contribution in [1.82, 2.24) is 5.32 Å². The van der Waals surface area contributed by atoms with Crippen molar-refractivity contribution in [2.24, 2.45) is 0 Å². The molecule has 1 aromatic heterocycles. The fourth-order valence-electron chi connectivity index (χ4n) is 2.87. The van der Waals surface area contributed by atoms with Crippen LogP contribution in [0.3, 0.4) is 0 Å². The zero-order valence-corrected chi connectivity index (χ0v) is 16.0. The molecular weight excluding hydrogens is 382 g/mol. The van der Waals surface area contributed by atoms with E-state index in [-0.39, 0.29) is 12.5 Å². The van der Waals surface area contributed by atoms with Crippen LogP contribution in [0.5, 0.6) is 17.2 Å². The molecule has 0 aliphatic heterocycles. The minimum atomic E-state index is -0.434. The number of carbonyl (C=O) groups excluding carboxylic acids is 1. The van der Waals surface area contributed by atoms with Crippen LogP contribution in [0, 0.1) is 0 Å². The van der Waals surface area contributed by atoms with Gasteiger partial charge in [0.05, 0.1) is 0 Å². The summed E-state index contributed by atoms with van der Waals surface area (Å²) in [4.78, 5) is 23.5. The first-order chi connectivity index (χ1) is 14.7. The third-order valence-electron chi connectivity index (χ3n) is 4.33. The van der Waals surface area contributed by atoms with Gasteiger partial charge in [-0.15, -0.1) is 0 Å². The van der Waals surface area contributed by atoms with Crippen molar-refractivity contribution in [2.45, 2.75) is 6.54 Å². The lowest BCUT2D eigenvalue weighted by Crippen LogP contribution is -2.28. The fraction of sp³-hybridized carbons (Fsp3) is 0.0833. The second-order valence-corrected chi connectivity index (χ2v) is 6.58. The first-order valence-corrected chi connectivity index (χ1v) is 9.41. The molecule has 0 bridgehead atoms. The van der Waals surface area contributed by atoms with E-state index in [9.17, 15) is 9.59 Å². The molecule has 0 radical (unpaired) electrons. The summed E-state index contributed by atoms with van der Waals surface area (Å²) in [5.74, 6) is 1.63. The molecule has 0 spiro atoms. The molecule has 4 aromatic rings. The van der Waals surface area contributed by atoms with Gasteiger partial charge in [-0.05, 0) is 48.0 Å². The molecule has 0 saturated carbocycles. The van der Waals surface area contributed by atoms with E-state index < -0.39 is 5.63 Å². The molecule has 4 rings (SSSR count).